The van der Waals surface area contributed by atoms with E-state index in [1.54, 1.807) is 16.9 Å². The molecule has 1 aromatic carbocycles. The van der Waals surface area contributed by atoms with Crippen molar-refractivity contribution >= 4 is 11.3 Å². The Morgan fingerprint density at radius 2 is 2.11 bits per heavy atom. The van der Waals surface area contributed by atoms with E-state index in [9.17, 15) is 0 Å². The zero-order valence-electron chi connectivity index (χ0n) is 10.6. The lowest BCUT2D eigenvalue weighted by Gasteiger charge is -2.08. The zero-order valence-corrected chi connectivity index (χ0v) is 11.5. The Balaban J connectivity index is 1.59. The van der Waals surface area contributed by atoms with Crippen molar-refractivity contribution in [1.29, 1.82) is 0 Å². The van der Waals surface area contributed by atoms with E-state index < -0.39 is 0 Å². The van der Waals surface area contributed by atoms with Crippen molar-refractivity contribution in [3.05, 3.63) is 51.5 Å². The Labute approximate surface area is 112 Å². The monoisotopic (exact) mass is 258 g/mol. The Morgan fingerprint density at radius 3 is 2.83 bits per heavy atom. The summed E-state index contributed by atoms with van der Waals surface area (Å²) in [6, 6.07) is 8.81. The van der Waals surface area contributed by atoms with Gasteiger partial charge in [0.05, 0.1) is 0 Å². The molecule has 0 amide bonds. The van der Waals surface area contributed by atoms with Gasteiger partial charge in [0.1, 0.15) is 5.01 Å². The van der Waals surface area contributed by atoms with Crippen LogP contribution >= 0.6 is 11.3 Å². The molecule has 2 aromatic rings. The molecule has 3 rings (SSSR count). The SMILES string of the molecule is Cc1cnc(CNCc2ccccc2C2CC2)s1. The molecule has 1 saturated carbocycles. The number of benzene rings is 1. The van der Waals surface area contributed by atoms with Gasteiger partial charge in [-0.05, 0) is 36.8 Å². The van der Waals surface area contributed by atoms with Crippen LogP contribution in [0.25, 0.3) is 0 Å². The van der Waals surface area contributed by atoms with Gasteiger partial charge in [-0.1, -0.05) is 24.3 Å². The first-order chi connectivity index (χ1) is 8.83. The maximum atomic E-state index is 4.37. The zero-order chi connectivity index (χ0) is 12.4. The number of aryl methyl sites for hydroxylation is 1. The highest BCUT2D eigenvalue weighted by atomic mass is 32.1. The first kappa shape index (κ1) is 11.9. The molecule has 1 heterocycles. The maximum Gasteiger partial charge on any atom is 0.107 e. The predicted molar refractivity (Wildman–Crippen MR) is 75.8 cm³/mol. The summed E-state index contributed by atoms with van der Waals surface area (Å²) in [5.74, 6) is 0.824. The van der Waals surface area contributed by atoms with Gasteiger partial charge in [-0.2, -0.15) is 0 Å². The van der Waals surface area contributed by atoms with Crippen molar-refractivity contribution in [1.82, 2.24) is 10.3 Å². The highest BCUT2D eigenvalue weighted by Crippen LogP contribution is 2.41. The molecule has 0 aliphatic heterocycles. The number of rotatable bonds is 5. The molecular formula is C15H18N2S. The van der Waals surface area contributed by atoms with Crippen LogP contribution in [0.4, 0.5) is 0 Å². The van der Waals surface area contributed by atoms with Crippen LogP contribution in [0.15, 0.2) is 30.5 Å². The quantitative estimate of drug-likeness (QED) is 0.886. The summed E-state index contributed by atoms with van der Waals surface area (Å²) in [4.78, 5) is 5.66. The molecule has 94 valence electrons. The summed E-state index contributed by atoms with van der Waals surface area (Å²) in [7, 11) is 0. The van der Waals surface area contributed by atoms with Gasteiger partial charge in [0.2, 0.25) is 0 Å². The molecule has 0 bridgehead atoms. The molecule has 0 atom stereocenters. The fraction of sp³-hybridized carbons (Fsp3) is 0.400. The van der Waals surface area contributed by atoms with Crippen LogP contribution in [0.1, 0.15) is 39.8 Å². The van der Waals surface area contributed by atoms with Gasteiger partial charge in [0.15, 0.2) is 0 Å². The summed E-state index contributed by atoms with van der Waals surface area (Å²) >= 11 is 1.77. The number of hydrogen-bond acceptors (Lipinski definition) is 3. The largest absolute Gasteiger partial charge is 0.306 e. The molecule has 0 saturated heterocycles. The molecular weight excluding hydrogens is 240 g/mol. The molecule has 0 spiro atoms. The fourth-order valence-corrected chi connectivity index (χ4v) is 3.03. The van der Waals surface area contributed by atoms with Gasteiger partial charge in [-0.3, -0.25) is 0 Å². The average molecular weight is 258 g/mol. The fourth-order valence-electron chi connectivity index (χ4n) is 2.28. The maximum absolute atomic E-state index is 4.37. The summed E-state index contributed by atoms with van der Waals surface area (Å²) in [5.41, 5.74) is 2.99. The lowest BCUT2D eigenvalue weighted by Crippen LogP contribution is -2.13. The van der Waals surface area contributed by atoms with Crippen LogP contribution in [-0.4, -0.2) is 4.98 Å². The molecule has 1 fully saturated rings. The third kappa shape index (κ3) is 2.79. The Hall–Kier alpha value is -1.19. The van der Waals surface area contributed by atoms with E-state index in [0.717, 1.165) is 19.0 Å². The van der Waals surface area contributed by atoms with E-state index in [0.29, 0.717) is 0 Å². The van der Waals surface area contributed by atoms with Crippen molar-refractivity contribution in [3.63, 3.8) is 0 Å². The first-order valence-corrected chi connectivity index (χ1v) is 7.34. The van der Waals surface area contributed by atoms with Crippen LogP contribution < -0.4 is 5.32 Å². The van der Waals surface area contributed by atoms with E-state index in [2.05, 4.69) is 41.5 Å². The Kier molecular flexibility index (Phi) is 3.43. The average Bonchev–Trinajstić information content (AvgIpc) is 3.14. The van der Waals surface area contributed by atoms with Crippen molar-refractivity contribution in [3.8, 4) is 0 Å². The van der Waals surface area contributed by atoms with Gasteiger partial charge in [-0.15, -0.1) is 11.3 Å². The minimum absolute atomic E-state index is 0.824. The summed E-state index contributed by atoms with van der Waals surface area (Å²) < 4.78 is 0. The van der Waals surface area contributed by atoms with Gasteiger partial charge in [0, 0.05) is 24.2 Å². The van der Waals surface area contributed by atoms with Crippen LogP contribution in [0, 0.1) is 6.92 Å². The second-order valence-corrected chi connectivity index (χ2v) is 6.26. The lowest BCUT2D eigenvalue weighted by atomic mass is 10.0. The predicted octanol–water partition coefficient (Wildman–Crippen LogP) is 3.62. The number of thiazole rings is 1. The minimum atomic E-state index is 0.824. The third-order valence-electron chi connectivity index (χ3n) is 3.33. The lowest BCUT2D eigenvalue weighted by molar-refractivity contribution is 0.684. The molecule has 2 nitrogen and oxygen atoms in total. The van der Waals surface area contributed by atoms with Gasteiger partial charge < -0.3 is 5.32 Å². The topological polar surface area (TPSA) is 24.9 Å². The smallest absolute Gasteiger partial charge is 0.107 e. The molecule has 1 aliphatic carbocycles. The third-order valence-corrected chi connectivity index (χ3v) is 4.25. The summed E-state index contributed by atoms with van der Waals surface area (Å²) in [5, 5.41) is 4.68. The van der Waals surface area contributed by atoms with Gasteiger partial charge in [-0.25, -0.2) is 4.98 Å². The van der Waals surface area contributed by atoms with Crippen molar-refractivity contribution in [2.75, 3.05) is 0 Å². The molecule has 1 aliphatic rings. The number of aromatic nitrogens is 1. The van der Waals surface area contributed by atoms with Gasteiger partial charge >= 0.3 is 0 Å². The van der Waals surface area contributed by atoms with E-state index in [-0.39, 0.29) is 0 Å². The van der Waals surface area contributed by atoms with Crippen molar-refractivity contribution < 1.29 is 0 Å². The van der Waals surface area contributed by atoms with Crippen molar-refractivity contribution in [2.24, 2.45) is 0 Å². The van der Waals surface area contributed by atoms with Crippen molar-refractivity contribution in [2.45, 2.75) is 38.8 Å². The van der Waals surface area contributed by atoms with Crippen LogP contribution in [-0.2, 0) is 13.1 Å². The standard InChI is InChI=1S/C15H18N2S/c1-11-8-17-15(18-11)10-16-9-13-4-2-3-5-14(13)12-6-7-12/h2-5,8,12,16H,6-7,9-10H2,1H3. The number of nitrogens with one attached hydrogen (secondary N) is 1. The normalized spacial score (nSPS) is 14.9. The Morgan fingerprint density at radius 1 is 1.28 bits per heavy atom. The van der Waals surface area contributed by atoms with Gasteiger partial charge in [0.25, 0.3) is 0 Å². The molecule has 1 aromatic heterocycles. The number of nitrogens with zero attached hydrogens (tertiary/aromatic N) is 1. The van der Waals surface area contributed by atoms with Crippen LogP contribution in [0.2, 0.25) is 0 Å². The minimum Gasteiger partial charge on any atom is -0.306 e. The van der Waals surface area contributed by atoms with E-state index >= 15 is 0 Å². The number of hydrogen-bond donors (Lipinski definition) is 1. The second-order valence-electron chi connectivity index (χ2n) is 4.94. The summed E-state index contributed by atoms with van der Waals surface area (Å²) in [6.07, 6.45) is 4.67. The van der Waals surface area contributed by atoms with Crippen LogP contribution in [0.3, 0.4) is 0 Å². The molecule has 18 heavy (non-hydrogen) atoms. The summed E-state index contributed by atoms with van der Waals surface area (Å²) in [6.45, 7) is 3.92. The second kappa shape index (κ2) is 5.21. The van der Waals surface area contributed by atoms with E-state index in [4.69, 9.17) is 0 Å². The Bertz CT molecular complexity index is 529. The van der Waals surface area contributed by atoms with Crippen LogP contribution in [0.5, 0.6) is 0 Å². The van der Waals surface area contributed by atoms with E-state index in [1.165, 1.54) is 28.3 Å². The highest BCUT2D eigenvalue weighted by Gasteiger charge is 2.25. The molecule has 1 N–H and O–H groups in total. The van der Waals surface area contributed by atoms with E-state index in [1.807, 2.05) is 6.20 Å². The highest BCUT2D eigenvalue weighted by molar-refractivity contribution is 7.11. The molecule has 0 unspecified atom stereocenters. The molecule has 0 radical (unpaired) electrons. The molecule has 3 heteroatoms. The first-order valence-electron chi connectivity index (χ1n) is 6.53.